The second-order valence-corrected chi connectivity index (χ2v) is 8.43. The zero-order valence-corrected chi connectivity index (χ0v) is 18.6. The summed E-state index contributed by atoms with van der Waals surface area (Å²) in [5, 5.41) is 8.65. The lowest BCUT2D eigenvalue weighted by Crippen LogP contribution is -2.39. The van der Waals surface area contributed by atoms with E-state index in [1.54, 1.807) is 46.9 Å². The number of urea groups is 1. The summed E-state index contributed by atoms with van der Waals surface area (Å²) >= 11 is 13.2. The molecule has 2 aromatic heterocycles. The number of thiazole rings is 1. The van der Waals surface area contributed by atoms with Crippen molar-refractivity contribution in [3.8, 4) is 0 Å². The molecule has 0 aliphatic heterocycles. The maximum absolute atomic E-state index is 12.8. The number of benzene rings is 1. The number of carbonyl (C=O) groups excluding carboxylic acids is 2. The highest BCUT2D eigenvalue weighted by Gasteiger charge is 2.20. The van der Waals surface area contributed by atoms with E-state index < -0.39 is 0 Å². The van der Waals surface area contributed by atoms with Crippen LogP contribution in [0.15, 0.2) is 46.4 Å². The van der Waals surface area contributed by atoms with Gasteiger partial charge < -0.3 is 20.0 Å². The first-order chi connectivity index (χ1) is 14.3. The fraction of sp³-hybridized carbons (Fsp3) is 0.250. The van der Waals surface area contributed by atoms with Crippen molar-refractivity contribution in [2.45, 2.75) is 33.0 Å². The van der Waals surface area contributed by atoms with E-state index in [9.17, 15) is 9.59 Å². The second kappa shape index (κ2) is 9.97. The van der Waals surface area contributed by atoms with Crippen molar-refractivity contribution in [2.75, 3.05) is 5.32 Å². The van der Waals surface area contributed by atoms with Gasteiger partial charge in [-0.2, -0.15) is 0 Å². The van der Waals surface area contributed by atoms with Crippen LogP contribution in [0, 0.1) is 0 Å². The third-order valence-electron chi connectivity index (χ3n) is 4.15. The Labute approximate surface area is 188 Å². The number of carbonyl (C=O) groups is 2. The van der Waals surface area contributed by atoms with Crippen molar-refractivity contribution in [1.29, 1.82) is 0 Å². The monoisotopic (exact) mass is 466 g/mol. The molecule has 3 rings (SSSR count). The SMILES string of the molecule is CC(C)N(Cc1nc(C(=O)NCc2ccco2)cs1)C(=O)Nc1ccc(Cl)c(Cl)c1. The highest BCUT2D eigenvalue weighted by molar-refractivity contribution is 7.09. The lowest BCUT2D eigenvalue weighted by Gasteiger charge is -2.26. The van der Waals surface area contributed by atoms with Crippen molar-refractivity contribution in [2.24, 2.45) is 0 Å². The van der Waals surface area contributed by atoms with Gasteiger partial charge in [0.1, 0.15) is 16.5 Å². The molecule has 0 saturated heterocycles. The molecule has 0 fully saturated rings. The molecule has 2 heterocycles. The Bertz CT molecular complexity index is 1020. The van der Waals surface area contributed by atoms with Crippen molar-refractivity contribution in [3.63, 3.8) is 0 Å². The van der Waals surface area contributed by atoms with E-state index in [4.69, 9.17) is 27.6 Å². The van der Waals surface area contributed by atoms with Crippen LogP contribution in [-0.2, 0) is 13.1 Å². The van der Waals surface area contributed by atoms with Crippen LogP contribution in [0.4, 0.5) is 10.5 Å². The predicted octanol–water partition coefficient (Wildman–Crippen LogP) is 5.42. The van der Waals surface area contributed by atoms with E-state index in [0.717, 1.165) is 0 Å². The number of furan rings is 1. The van der Waals surface area contributed by atoms with Gasteiger partial charge in [0.25, 0.3) is 5.91 Å². The summed E-state index contributed by atoms with van der Waals surface area (Å²) in [6.45, 7) is 4.35. The van der Waals surface area contributed by atoms with E-state index in [-0.39, 0.29) is 31.1 Å². The largest absolute Gasteiger partial charge is 0.467 e. The minimum absolute atomic E-state index is 0.0899. The van der Waals surface area contributed by atoms with Crippen LogP contribution < -0.4 is 10.6 Å². The molecule has 2 N–H and O–H groups in total. The lowest BCUT2D eigenvalue weighted by atomic mass is 10.3. The number of anilines is 1. The van der Waals surface area contributed by atoms with Gasteiger partial charge in [0.15, 0.2) is 0 Å². The number of rotatable bonds is 7. The highest BCUT2D eigenvalue weighted by atomic mass is 35.5. The fourth-order valence-electron chi connectivity index (χ4n) is 2.56. The minimum Gasteiger partial charge on any atom is -0.467 e. The summed E-state index contributed by atoms with van der Waals surface area (Å²) in [7, 11) is 0. The molecule has 0 aliphatic carbocycles. The maximum Gasteiger partial charge on any atom is 0.322 e. The lowest BCUT2D eigenvalue weighted by molar-refractivity contribution is 0.0943. The van der Waals surface area contributed by atoms with Crippen LogP contribution in [0.25, 0.3) is 0 Å². The molecule has 1 aromatic carbocycles. The maximum atomic E-state index is 12.8. The second-order valence-electron chi connectivity index (χ2n) is 6.67. The number of hydrogen-bond acceptors (Lipinski definition) is 5. The summed E-state index contributed by atoms with van der Waals surface area (Å²) in [6.07, 6.45) is 1.55. The van der Waals surface area contributed by atoms with Gasteiger partial charge in [0.2, 0.25) is 0 Å². The molecule has 158 valence electrons. The summed E-state index contributed by atoms with van der Waals surface area (Å²) < 4.78 is 5.19. The number of hydrogen-bond donors (Lipinski definition) is 2. The quantitative estimate of drug-likeness (QED) is 0.486. The molecule has 0 aliphatic rings. The Morgan fingerprint density at radius 1 is 1.23 bits per heavy atom. The zero-order chi connectivity index (χ0) is 21.7. The molecular formula is C20H20Cl2N4O3S. The summed E-state index contributed by atoms with van der Waals surface area (Å²) in [5.74, 6) is 0.356. The van der Waals surface area contributed by atoms with Crippen molar-refractivity contribution >= 4 is 52.2 Å². The smallest absolute Gasteiger partial charge is 0.322 e. The van der Waals surface area contributed by atoms with Crippen LogP contribution in [0.3, 0.4) is 0 Å². The van der Waals surface area contributed by atoms with Gasteiger partial charge in [-0.3, -0.25) is 4.79 Å². The summed E-state index contributed by atoms with van der Waals surface area (Å²) in [4.78, 5) is 31.0. The molecule has 30 heavy (non-hydrogen) atoms. The summed E-state index contributed by atoms with van der Waals surface area (Å²) in [5.41, 5.74) is 0.840. The Balaban J connectivity index is 1.62. The number of aromatic nitrogens is 1. The third kappa shape index (κ3) is 5.75. The first kappa shape index (κ1) is 22.1. The van der Waals surface area contributed by atoms with E-state index >= 15 is 0 Å². The molecule has 0 bridgehead atoms. The molecule has 0 atom stereocenters. The highest BCUT2D eigenvalue weighted by Crippen LogP contribution is 2.25. The molecule has 0 spiro atoms. The zero-order valence-electron chi connectivity index (χ0n) is 16.3. The predicted molar refractivity (Wildman–Crippen MR) is 118 cm³/mol. The van der Waals surface area contributed by atoms with Gasteiger partial charge in [-0.05, 0) is 44.2 Å². The first-order valence-corrected chi connectivity index (χ1v) is 10.7. The Morgan fingerprint density at radius 3 is 2.70 bits per heavy atom. The minimum atomic E-state index is -0.303. The number of nitrogens with one attached hydrogen (secondary N) is 2. The number of halogens is 2. The van der Waals surface area contributed by atoms with Crippen LogP contribution in [0.1, 0.15) is 35.1 Å². The molecule has 3 amide bonds. The molecule has 0 saturated carbocycles. The van der Waals surface area contributed by atoms with Crippen LogP contribution in [0.5, 0.6) is 0 Å². The Hall–Kier alpha value is -2.55. The van der Waals surface area contributed by atoms with E-state index in [1.165, 1.54) is 11.3 Å². The van der Waals surface area contributed by atoms with E-state index in [1.807, 2.05) is 13.8 Å². The van der Waals surface area contributed by atoms with E-state index in [0.29, 0.717) is 32.2 Å². The van der Waals surface area contributed by atoms with Crippen LogP contribution in [-0.4, -0.2) is 27.9 Å². The number of amides is 3. The van der Waals surface area contributed by atoms with Crippen LogP contribution in [0.2, 0.25) is 10.0 Å². The average Bonchev–Trinajstić information content (AvgIpc) is 3.38. The standard InChI is InChI=1S/C20H20Cl2N4O3S/c1-12(2)26(20(28)24-13-5-6-15(21)16(22)8-13)10-18-25-17(11-30-18)19(27)23-9-14-4-3-7-29-14/h3-8,11-12H,9-10H2,1-2H3,(H,23,27)(H,24,28). The molecular weight excluding hydrogens is 447 g/mol. The van der Waals surface area contributed by atoms with Crippen molar-refractivity contribution in [3.05, 3.63) is 68.5 Å². The molecule has 3 aromatic rings. The van der Waals surface area contributed by atoms with Crippen molar-refractivity contribution < 1.29 is 14.0 Å². The molecule has 10 heteroatoms. The van der Waals surface area contributed by atoms with Crippen molar-refractivity contribution in [1.82, 2.24) is 15.2 Å². The normalized spacial score (nSPS) is 10.8. The van der Waals surface area contributed by atoms with Crippen LogP contribution >= 0.6 is 34.5 Å². The first-order valence-electron chi connectivity index (χ1n) is 9.11. The molecule has 0 unspecified atom stereocenters. The average molecular weight is 467 g/mol. The topological polar surface area (TPSA) is 87.5 Å². The Kier molecular flexibility index (Phi) is 7.36. The van der Waals surface area contributed by atoms with Gasteiger partial charge in [-0.1, -0.05) is 23.2 Å². The Morgan fingerprint density at radius 2 is 2.03 bits per heavy atom. The number of nitrogens with zero attached hydrogens (tertiary/aromatic N) is 2. The van der Waals surface area contributed by atoms with E-state index in [2.05, 4.69) is 15.6 Å². The van der Waals surface area contributed by atoms with Gasteiger partial charge in [0, 0.05) is 17.1 Å². The van der Waals surface area contributed by atoms with Gasteiger partial charge >= 0.3 is 6.03 Å². The fourth-order valence-corrected chi connectivity index (χ4v) is 3.63. The van der Waals surface area contributed by atoms with Gasteiger partial charge in [-0.15, -0.1) is 11.3 Å². The van der Waals surface area contributed by atoms with Gasteiger partial charge in [-0.25, -0.2) is 9.78 Å². The summed E-state index contributed by atoms with van der Waals surface area (Å²) in [6, 6.07) is 8.02. The molecule has 7 nitrogen and oxygen atoms in total. The van der Waals surface area contributed by atoms with Gasteiger partial charge in [0.05, 0.1) is 29.4 Å². The molecule has 0 radical (unpaired) electrons. The third-order valence-corrected chi connectivity index (χ3v) is 5.72.